The van der Waals surface area contributed by atoms with Gasteiger partial charge < -0.3 is 14.2 Å². The highest BCUT2D eigenvalue weighted by Crippen LogP contribution is 2.26. The van der Waals surface area contributed by atoms with Crippen molar-refractivity contribution in [3.8, 4) is 11.5 Å². The van der Waals surface area contributed by atoms with Crippen LogP contribution in [-0.4, -0.2) is 59.4 Å². The van der Waals surface area contributed by atoms with Crippen LogP contribution in [0.3, 0.4) is 0 Å². The molecule has 0 saturated heterocycles. The van der Waals surface area contributed by atoms with E-state index in [1.807, 2.05) is 0 Å². The molecule has 0 aliphatic rings. The van der Waals surface area contributed by atoms with Crippen LogP contribution in [0.2, 0.25) is 5.02 Å². The molecule has 2 aromatic carbocycles. The summed E-state index contributed by atoms with van der Waals surface area (Å²) in [5.41, 5.74) is 0.164. The van der Waals surface area contributed by atoms with E-state index in [-0.39, 0.29) is 26.8 Å². The van der Waals surface area contributed by atoms with E-state index in [1.165, 1.54) is 52.6 Å². The smallest absolute Gasteiger partial charge is 0.338 e. The molecule has 0 saturated carbocycles. The summed E-state index contributed by atoms with van der Waals surface area (Å²) >= 11 is 5.96. The van der Waals surface area contributed by atoms with Crippen molar-refractivity contribution >= 4 is 33.4 Å². The summed E-state index contributed by atoms with van der Waals surface area (Å²) < 4.78 is 40.9. The molecule has 2 aromatic rings. The third-order valence-corrected chi connectivity index (χ3v) is 6.27. The number of benzene rings is 2. The Morgan fingerprint density at radius 1 is 1.03 bits per heavy atom. The number of methoxy groups -OCH3 is 2. The van der Waals surface area contributed by atoms with Gasteiger partial charge in [-0.3, -0.25) is 4.79 Å². The average molecular weight is 442 g/mol. The largest absolute Gasteiger partial charge is 0.497 e. The Labute approximate surface area is 174 Å². The first kappa shape index (κ1) is 22.7. The molecule has 10 heteroatoms. The van der Waals surface area contributed by atoms with Gasteiger partial charge in [-0.05, 0) is 30.3 Å². The summed E-state index contributed by atoms with van der Waals surface area (Å²) in [5.74, 6) is -0.576. The van der Waals surface area contributed by atoms with Gasteiger partial charge in [0.25, 0.3) is 0 Å². The summed E-state index contributed by atoms with van der Waals surface area (Å²) in [5, 5.41) is -0.0331. The first-order chi connectivity index (χ1) is 13.6. The van der Waals surface area contributed by atoms with E-state index in [0.29, 0.717) is 5.75 Å². The molecule has 156 valence electrons. The Bertz CT molecular complexity index is 1030. The zero-order valence-corrected chi connectivity index (χ0v) is 17.8. The Kier molecular flexibility index (Phi) is 7.23. The summed E-state index contributed by atoms with van der Waals surface area (Å²) in [4.78, 5) is 24.5. The summed E-state index contributed by atoms with van der Waals surface area (Å²) in [6.45, 7) is -0.556. The molecule has 0 spiro atoms. The maximum Gasteiger partial charge on any atom is 0.338 e. The second kappa shape index (κ2) is 9.25. The topological polar surface area (TPSA) is 99.2 Å². The minimum atomic E-state index is -3.86. The van der Waals surface area contributed by atoms with Crippen LogP contribution in [0.15, 0.2) is 41.3 Å². The molecule has 0 aliphatic carbocycles. The lowest BCUT2D eigenvalue weighted by Crippen LogP contribution is -2.23. The van der Waals surface area contributed by atoms with Gasteiger partial charge in [-0.1, -0.05) is 11.6 Å². The molecule has 0 fully saturated rings. The number of hydrogen-bond donors (Lipinski definition) is 0. The number of hydrogen-bond acceptors (Lipinski definition) is 7. The van der Waals surface area contributed by atoms with E-state index < -0.39 is 28.4 Å². The Morgan fingerprint density at radius 3 is 2.31 bits per heavy atom. The van der Waals surface area contributed by atoms with Crippen LogP contribution in [0.4, 0.5) is 0 Å². The monoisotopic (exact) mass is 441 g/mol. The fourth-order valence-electron chi connectivity index (χ4n) is 2.35. The second-order valence-electron chi connectivity index (χ2n) is 6.00. The van der Waals surface area contributed by atoms with E-state index in [9.17, 15) is 18.0 Å². The molecule has 0 aromatic heterocycles. The second-order valence-corrected chi connectivity index (χ2v) is 8.53. The predicted octanol–water partition coefficient (Wildman–Crippen LogP) is 2.65. The molecule has 0 bridgehead atoms. The molecule has 0 unspecified atom stereocenters. The minimum absolute atomic E-state index is 0.0331. The van der Waals surface area contributed by atoms with Crippen molar-refractivity contribution in [3.63, 3.8) is 0 Å². The molecule has 8 nitrogen and oxygen atoms in total. The number of sulfonamides is 1. The van der Waals surface area contributed by atoms with E-state index in [0.717, 1.165) is 10.4 Å². The highest BCUT2D eigenvalue weighted by atomic mass is 35.5. The van der Waals surface area contributed by atoms with Crippen molar-refractivity contribution in [3.05, 3.63) is 52.5 Å². The van der Waals surface area contributed by atoms with E-state index in [4.69, 9.17) is 25.8 Å². The molecular weight excluding hydrogens is 422 g/mol. The molecule has 0 heterocycles. The van der Waals surface area contributed by atoms with Crippen LogP contribution in [-0.2, 0) is 14.8 Å². The van der Waals surface area contributed by atoms with Crippen molar-refractivity contribution in [2.24, 2.45) is 0 Å². The average Bonchev–Trinajstić information content (AvgIpc) is 2.71. The number of carbonyl (C=O) groups is 2. The van der Waals surface area contributed by atoms with Crippen LogP contribution >= 0.6 is 11.6 Å². The SMILES string of the molecule is COc1ccc(C(=O)COC(=O)c2ccc(Cl)c(S(=O)(=O)N(C)C)c2)c(OC)c1. The lowest BCUT2D eigenvalue weighted by Gasteiger charge is -2.14. The minimum Gasteiger partial charge on any atom is -0.497 e. The van der Waals surface area contributed by atoms with Crippen molar-refractivity contribution in [1.82, 2.24) is 4.31 Å². The quantitative estimate of drug-likeness (QED) is 0.458. The predicted molar refractivity (Wildman–Crippen MR) is 106 cm³/mol. The van der Waals surface area contributed by atoms with Gasteiger partial charge in [0.15, 0.2) is 6.61 Å². The third-order valence-electron chi connectivity index (χ3n) is 3.97. The number of rotatable bonds is 8. The van der Waals surface area contributed by atoms with Crippen molar-refractivity contribution in [2.45, 2.75) is 4.90 Å². The number of ketones is 1. The molecular formula is C19H20ClNO7S. The lowest BCUT2D eigenvalue weighted by atomic mass is 10.1. The van der Waals surface area contributed by atoms with Gasteiger partial charge >= 0.3 is 5.97 Å². The van der Waals surface area contributed by atoms with Crippen molar-refractivity contribution in [2.75, 3.05) is 34.9 Å². The number of nitrogens with zero attached hydrogens (tertiary/aromatic N) is 1. The highest BCUT2D eigenvalue weighted by molar-refractivity contribution is 7.89. The summed E-state index contributed by atoms with van der Waals surface area (Å²) in [6.07, 6.45) is 0. The Morgan fingerprint density at radius 2 is 1.72 bits per heavy atom. The van der Waals surface area contributed by atoms with Crippen LogP contribution in [0.1, 0.15) is 20.7 Å². The maximum absolute atomic E-state index is 12.4. The molecule has 0 radical (unpaired) electrons. The number of halogens is 1. The molecule has 29 heavy (non-hydrogen) atoms. The molecule has 0 amide bonds. The van der Waals surface area contributed by atoms with Crippen LogP contribution < -0.4 is 9.47 Å². The highest BCUT2D eigenvalue weighted by Gasteiger charge is 2.23. The number of ether oxygens (including phenoxy) is 3. The number of Topliss-reactive ketones (excluding diaryl/α,β-unsaturated/α-hetero) is 1. The van der Waals surface area contributed by atoms with Crippen LogP contribution in [0, 0.1) is 0 Å². The molecule has 0 N–H and O–H groups in total. The van der Waals surface area contributed by atoms with Gasteiger partial charge in [-0.15, -0.1) is 0 Å². The van der Waals surface area contributed by atoms with Gasteiger partial charge in [0.05, 0.1) is 30.4 Å². The van der Waals surface area contributed by atoms with Gasteiger partial charge in [-0.25, -0.2) is 17.5 Å². The number of carbonyl (C=O) groups excluding carboxylic acids is 2. The lowest BCUT2D eigenvalue weighted by molar-refractivity contribution is 0.0473. The standard InChI is InChI=1S/C19H20ClNO7S/c1-21(2)29(24,25)18-9-12(5-8-15(18)20)19(23)28-11-16(22)14-7-6-13(26-3)10-17(14)27-4/h5-10H,11H2,1-4H3. The third kappa shape index (κ3) is 5.06. The van der Waals surface area contributed by atoms with Crippen molar-refractivity contribution < 1.29 is 32.2 Å². The van der Waals surface area contributed by atoms with Gasteiger partial charge in [-0.2, -0.15) is 0 Å². The van der Waals surface area contributed by atoms with Gasteiger partial charge in [0.2, 0.25) is 15.8 Å². The van der Waals surface area contributed by atoms with Gasteiger partial charge in [0, 0.05) is 20.2 Å². The van der Waals surface area contributed by atoms with E-state index in [2.05, 4.69) is 0 Å². The first-order valence-electron chi connectivity index (χ1n) is 8.26. The summed E-state index contributed by atoms with van der Waals surface area (Å²) in [7, 11) is 1.72. The van der Waals surface area contributed by atoms with E-state index >= 15 is 0 Å². The van der Waals surface area contributed by atoms with Crippen LogP contribution in [0.25, 0.3) is 0 Å². The van der Waals surface area contributed by atoms with E-state index in [1.54, 1.807) is 6.07 Å². The Hall–Kier alpha value is -2.62. The zero-order valence-electron chi connectivity index (χ0n) is 16.3. The normalized spacial score (nSPS) is 11.2. The Balaban J connectivity index is 2.19. The first-order valence-corrected chi connectivity index (χ1v) is 10.1. The van der Waals surface area contributed by atoms with Crippen LogP contribution in [0.5, 0.6) is 11.5 Å². The fourth-order valence-corrected chi connectivity index (χ4v) is 3.74. The zero-order chi connectivity index (χ0) is 21.8. The summed E-state index contributed by atoms with van der Waals surface area (Å²) in [6, 6.07) is 8.32. The van der Waals surface area contributed by atoms with Crippen molar-refractivity contribution in [1.29, 1.82) is 0 Å². The number of esters is 1. The maximum atomic E-state index is 12.4. The molecule has 2 rings (SSSR count). The fraction of sp³-hybridized carbons (Fsp3) is 0.263. The molecule has 0 aliphatic heterocycles. The molecule has 0 atom stereocenters. The van der Waals surface area contributed by atoms with Gasteiger partial charge in [0.1, 0.15) is 16.4 Å².